The van der Waals surface area contributed by atoms with Crippen molar-refractivity contribution < 1.29 is 14.6 Å². The van der Waals surface area contributed by atoms with Crippen molar-refractivity contribution in [1.29, 1.82) is 0 Å². The number of rotatable bonds is 5. The molecule has 0 aliphatic rings. The van der Waals surface area contributed by atoms with Gasteiger partial charge in [0.1, 0.15) is 5.75 Å². The van der Waals surface area contributed by atoms with E-state index in [2.05, 4.69) is 5.32 Å². The Morgan fingerprint density at radius 3 is 2.48 bits per heavy atom. The standard InChI is InChI=1S/C16H18N2O3/c1-10(11-3-6-13(21-2)7-4-11)18-12-5-8-15(17)14(9-12)16(19)20/h3-10,18H,17H2,1-2H3,(H,19,20). The number of ether oxygens (including phenoxy) is 1. The summed E-state index contributed by atoms with van der Waals surface area (Å²) >= 11 is 0. The van der Waals surface area contributed by atoms with Gasteiger partial charge in [-0.3, -0.25) is 0 Å². The zero-order chi connectivity index (χ0) is 15.4. The lowest BCUT2D eigenvalue weighted by Crippen LogP contribution is -2.08. The van der Waals surface area contributed by atoms with Gasteiger partial charge >= 0.3 is 5.97 Å². The van der Waals surface area contributed by atoms with Crippen molar-refractivity contribution in [3.8, 4) is 5.75 Å². The fraction of sp³-hybridized carbons (Fsp3) is 0.188. The Balaban J connectivity index is 2.16. The van der Waals surface area contributed by atoms with Crippen molar-refractivity contribution in [3.63, 3.8) is 0 Å². The Morgan fingerprint density at radius 2 is 1.90 bits per heavy atom. The molecule has 2 aromatic rings. The predicted octanol–water partition coefficient (Wildman–Crippen LogP) is 3.15. The number of hydrogen-bond donors (Lipinski definition) is 3. The molecule has 2 rings (SSSR count). The van der Waals surface area contributed by atoms with Gasteiger partial charge in [0.15, 0.2) is 0 Å². The summed E-state index contributed by atoms with van der Waals surface area (Å²) < 4.78 is 5.12. The number of nitrogen functional groups attached to an aromatic ring is 1. The molecule has 0 bridgehead atoms. The highest BCUT2D eigenvalue weighted by Crippen LogP contribution is 2.24. The summed E-state index contributed by atoms with van der Waals surface area (Å²) in [5.74, 6) is -0.236. The first kappa shape index (κ1) is 14.7. The van der Waals surface area contributed by atoms with E-state index in [1.165, 1.54) is 6.07 Å². The number of methoxy groups -OCH3 is 1. The molecule has 4 N–H and O–H groups in total. The summed E-state index contributed by atoms with van der Waals surface area (Å²) in [4.78, 5) is 11.1. The van der Waals surface area contributed by atoms with E-state index < -0.39 is 5.97 Å². The lowest BCUT2D eigenvalue weighted by Gasteiger charge is -2.17. The maximum absolute atomic E-state index is 11.1. The van der Waals surface area contributed by atoms with Gasteiger partial charge in [0.25, 0.3) is 0 Å². The Morgan fingerprint density at radius 1 is 1.24 bits per heavy atom. The molecule has 5 nitrogen and oxygen atoms in total. The van der Waals surface area contributed by atoms with E-state index in [0.29, 0.717) is 5.69 Å². The monoisotopic (exact) mass is 286 g/mol. The topological polar surface area (TPSA) is 84.6 Å². The van der Waals surface area contributed by atoms with E-state index in [4.69, 9.17) is 15.6 Å². The van der Waals surface area contributed by atoms with Crippen LogP contribution in [0, 0.1) is 0 Å². The summed E-state index contributed by atoms with van der Waals surface area (Å²) in [5, 5.41) is 12.3. The maximum Gasteiger partial charge on any atom is 0.337 e. The zero-order valence-electron chi connectivity index (χ0n) is 12.0. The Kier molecular flexibility index (Phi) is 4.33. The average molecular weight is 286 g/mol. The minimum absolute atomic E-state index is 0.0289. The second-order valence-corrected chi connectivity index (χ2v) is 4.75. The van der Waals surface area contributed by atoms with Gasteiger partial charge in [-0.2, -0.15) is 0 Å². The highest BCUT2D eigenvalue weighted by molar-refractivity contribution is 5.94. The third-order valence-electron chi connectivity index (χ3n) is 3.28. The van der Waals surface area contributed by atoms with E-state index in [9.17, 15) is 4.79 Å². The lowest BCUT2D eigenvalue weighted by molar-refractivity contribution is 0.0698. The van der Waals surface area contributed by atoms with Crippen LogP contribution in [0.4, 0.5) is 11.4 Å². The first-order valence-corrected chi connectivity index (χ1v) is 6.54. The highest BCUT2D eigenvalue weighted by atomic mass is 16.5. The summed E-state index contributed by atoms with van der Waals surface area (Å²) in [6.45, 7) is 2.00. The molecule has 2 aromatic carbocycles. The molecule has 0 aromatic heterocycles. The minimum Gasteiger partial charge on any atom is -0.497 e. The molecule has 0 heterocycles. The second-order valence-electron chi connectivity index (χ2n) is 4.75. The fourth-order valence-corrected chi connectivity index (χ4v) is 2.06. The number of anilines is 2. The number of benzene rings is 2. The minimum atomic E-state index is -1.03. The van der Waals surface area contributed by atoms with Crippen molar-refractivity contribution in [2.45, 2.75) is 13.0 Å². The molecule has 0 saturated heterocycles. The summed E-state index contributed by atoms with van der Waals surface area (Å²) in [7, 11) is 1.62. The van der Waals surface area contributed by atoms with Gasteiger partial charge in [0.2, 0.25) is 0 Å². The lowest BCUT2D eigenvalue weighted by atomic mass is 10.1. The SMILES string of the molecule is COc1ccc(C(C)Nc2ccc(N)c(C(=O)O)c2)cc1. The quantitative estimate of drug-likeness (QED) is 0.735. The second kappa shape index (κ2) is 6.17. The van der Waals surface area contributed by atoms with Gasteiger partial charge in [-0.15, -0.1) is 0 Å². The average Bonchev–Trinajstić information content (AvgIpc) is 2.49. The van der Waals surface area contributed by atoms with Gasteiger partial charge in [-0.1, -0.05) is 12.1 Å². The van der Waals surface area contributed by atoms with E-state index in [1.807, 2.05) is 31.2 Å². The van der Waals surface area contributed by atoms with E-state index >= 15 is 0 Å². The molecule has 0 aliphatic carbocycles. The number of nitrogens with two attached hydrogens (primary N) is 1. The molecule has 0 radical (unpaired) electrons. The number of hydrogen-bond acceptors (Lipinski definition) is 4. The van der Waals surface area contributed by atoms with Crippen molar-refractivity contribution in [2.75, 3.05) is 18.2 Å². The van der Waals surface area contributed by atoms with Gasteiger partial charge in [-0.25, -0.2) is 4.79 Å². The van der Waals surface area contributed by atoms with Crippen LogP contribution in [0.1, 0.15) is 28.9 Å². The Bertz CT molecular complexity index is 638. The van der Waals surface area contributed by atoms with E-state index in [-0.39, 0.29) is 17.3 Å². The number of carboxylic acids is 1. The van der Waals surface area contributed by atoms with Crippen molar-refractivity contribution in [2.24, 2.45) is 0 Å². The highest BCUT2D eigenvalue weighted by Gasteiger charge is 2.11. The van der Waals surface area contributed by atoms with Gasteiger partial charge in [-0.05, 0) is 42.8 Å². The van der Waals surface area contributed by atoms with Gasteiger partial charge in [0, 0.05) is 17.4 Å². The molecule has 5 heteroatoms. The smallest absolute Gasteiger partial charge is 0.337 e. The molecule has 0 fully saturated rings. The molecule has 1 atom stereocenters. The fourth-order valence-electron chi connectivity index (χ4n) is 2.06. The van der Waals surface area contributed by atoms with Crippen LogP contribution < -0.4 is 15.8 Å². The zero-order valence-corrected chi connectivity index (χ0v) is 12.0. The third-order valence-corrected chi connectivity index (χ3v) is 3.28. The molecular weight excluding hydrogens is 268 g/mol. The van der Waals surface area contributed by atoms with Gasteiger partial charge < -0.3 is 20.9 Å². The molecule has 0 spiro atoms. The molecule has 0 saturated carbocycles. The van der Waals surface area contributed by atoms with E-state index in [1.54, 1.807) is 19.2 Å². The molecule has 1 unspecified atom stereocenters. The van der Waals surface area contributed by atoms with E-state index in [0.717, 1.165) is 11.3 Å². The van der Waals surface area contributed by atoms with Crippen LogP contribution in [0.3, 0.4) is 0 Å². The Labute approximate surface area is 123 Å². The normalized spacial score (nSPS) is 11.7. The number of aromatic carboxylic acids is 1. The molecule has 110 valence electrons. The van der Waals surface area contributed by atoms with Crippen LogP contribution in [0.15, 0.2) is 42.5 Å². The van der Waals surface area contributed by atoms with Crippen LogP contribution in [-0.2, 0) is 0 Å². The molecular formula is C16H18N2O3. The molecule has 0 amide bonds. The maximum atomic E-state index is 11.1. The first-order valence-electron chi connectivity index (χ1n) is 6.54. The Hall–Kier alpha value is -2.69. The van der Waals surface area contributed by atoms with Crippen molar-refractivity contribution in [1.82, 2.24) is 0 Å². The van der Waals surface area contributed by atoms with Crippen molar-refractivity contribution in [3.05, 3.63) is 53.6 Å². The number of carboxylic acid groups (broad SMARTS) is 1. The number of nitrogens with one attached hydrogen (secondary N) is 1. The summed E-state index contributed by atoms with van der Waals surface area (Å²) in [6, 6.07) is 12.6. The van der Waals surface area contributed by atoms with Crippen LogP contribution in [-0.4, -0.2) is 18.2 Å². The van der Waals surface area contributed by atoms with Crippen LogP contribution in [0.2, 0.25) is 0 Å². The van der Waals surface area contributed by atoms with Crippen LogP contribution >= 0.6 is 0 Å². The summed E-state index contributed by atoms with van der Waals surface area (Å²) in [6.07, 6.45) is 0. The third kappa shape index (κ3) is 3.45. The van der Waals surface area contributed by atoms with Crippen LogP contribution in [0.5, 0.6) is 5.75 Å². The first-order chi connectivity index (χ1) is 10.0. The van der Waals surface area contributed by atoms with Crippen molar-refractivity contribution >= 4 is 17.3 Å². The molecule has 21 heavy (non-hydrogen) atoms. The van der Waals surface area contributed by atoms with Crippen LogP contribution in [0.25, 0.3) is 0 Å². The summed E-state index contributed by atoms with van der Waals surface area (Å²) in [5.41, 5.74) is 7.78. The number of carbonyl (C=O) groups is 1. The largest absolute Gasteiger partial charge is 0.497 e. The van der Waals surface area contributed by atoms with Gasteiger partial charge in [0.05, 0.1) is 12.7 Å². The molecule has 0 aliphatic heterocycles. The predicted molar refractivity (Wildman–Crippen MR) is 82.8 cm³/mol.